The average molecular weight is 412 g/mol. The normalized spacial score (nSPS) is 11.7. The van der Waals surface area contributed by atoms with Gasteiger partial charge in [0.05, 0.1) is 12.5 Å². The van der Waals surface area contributed by atoms with Gasteiger partial charge in [-0.15, -0.1) is 0 Å². The summed E-state index contributed by atoms with van der Waals surface area (Å²) < 4.78 is 32.4. The number of esters is 1. The van der Waals surface area contributed by atoms with E-state index < -0.39 is 36.2 Å². The van der Waals surface area contributed by atoms with Gasteiger partial charge < -0.3 is 10.1 Å². The second kappa shape index (κ2) is 8.71. The Kier molecular flexibility index (Phi) is 6.64. The molecule has 0 saturated heterocycles. The molecule has 1 amide bonds. The highest BCUT2D eigenvalue weighted by Gasteiger charge is 2.15. The van der Waals surface area contributed by atoms with Gasteiger partial charge in [-0.05, 0) is 30.7 Å². The second-order valence-corrected chi connectivity index (χ2v) is 6.33. The van der Waals surface area contributed by atoms with Crippen LogP contribution in [0.3, 0.4) is 0 Å². The molecule has 4 nitrogen and oxygen atoms in total. The highest BCUT2D eigenvalue weighted by Crippen LogP contribution is 2.17. The minimum absolute atomic E-state index is 0.0443. The summed E-state index contributed by atoms with van der Waals surface area (Å²) >= 11 is 3.30. The lowest BCUT2D eigenvalue weighted by Crippen LogP contribution is -2.31. The van der Waals surface area contributed by atoms with Crippen LogP contribution in [0.2, 0.25) is 0 Å². The molecule has 1 atom stereocenters. The van der Waals surface area contributed by atoms with Crippen LogP contribution in [-0.4, -0.2) is 18.5 Å². The minimum atomic E-state index is -0.750. The first-order chi connectivity index (χ1) is 11.8. The molecule has 0 unspecified atom stereocenters. The van der Waals surface area contributed by atoms with Gasteiger partial charge >= 0.3 is 5.97 Å². The molecular weight excluding hydrogens is 396 g/mol. The zero-order valence-corrected chi connectivity index (χ0v) is 15.0. The minimum Gasteiger partial charge on any atom is -0.455 e. The summed E-state index contributed by atoms with van der Waals surface area (Å²) in [5.74, 6) is -2.56. The summed E-state index contributed by atoms with van der Waals surface area (Å²) in [5, 5.41) is 2.50. The van der Waals surface area contributed by atoms with Crippen molar-refractivity contribution in [2.24, 2.45) is 0 Å². The quantitative estimate of drug-likeness (QED) is 0.737. The lowest BCUT2D eigenvalue weighted by Gasteiger charge is -2.15. The van der Waals surface area contributed by atoms with Gasteiger partial charge in [0.15, 0.2) is 6.61 Å². The van der Waals surface area contributed by atoms with Crippen LogP contribution in [0.1, 0.15) is 24.1 Å². The van der Waals surface area contributed by atoms with E-state index in [2.05, 4.69) is 21.2 Å². The molecule has 0 aromatic heterocycles. The van der Waals surface area contributed by atoms with E-state index in [1.807, 2.05) is 0 Å². The zero-order chi connectivity index (χ0) is 18.4. The van der Waals surface area contributed by atoms with Gasteiger partial charge in [-0.1, -0.05) is 34.1 Å². The number of hydrogen-bond acceptors (Lipinski definition) is 3. The molecule has 0 spiro atoms. The first kappa shape index (κ1) is 19.1. The molecule has 132 valence electrons. The van der Waals surface area contributed by atoms with Gasteiger partial charge in [-0.2, -0.15) is 0 Å². The Hall–Kier alpha value is -2.28. The van der Waals surface area contributed by atoms with Crippen molar-refractivity contribution in [3.05, 3.63) is 69.7 Å². The van der Waals surface area contributed by atoms with E-state index in [4.69, 9.17) is 4.74 Å². The predicted octanol–water partition coefficient (Wildman–Crippen LogP) is 3.69. The van der Waals surface area contributed by atoms with Crippen molar-refractivity contribution < 1.29 is 23.1 Å². The summed E-state index contributed by atoms with van der Waals surface area (Å²) in [6, 6.07) is 9.57. The van der Waals surface area contributed by atoms with Crippen molar-refractivity contribution >= 4 is 27.8 Å². The highest BCUT2D eigenvalue weighted by molar-refractivity contribution is 9.10. The molecule has 0 aliphatic heterocycles. The number of hydrogen-bond donors (Lipinski definition) is 1. The first-order valence-electron chi connectivity index (χ1n) is 7.49. The molecule has 0 saturated carbocycles. The Balaban J connectivity index is 1.81. The van der Waals surface area contributed by atoms with Crippen LogP contribution in [0.4, 0.5) is 8.78 Å². The van der Waals surface area contributed by atoms with Gasteiger partial charge in [-0.3, -0.25) is 9.59 Å². The molecule has 0 heterocycles. The molecule has 2 aromatic rings. The summed E-state index contributed by atoms with van der Waals surface area (Å²) in [6.45, 7) is 1.08. The van der Waals surface area contributed by atoms with Crippen LogP contribution in [-0.2, 0) is 20.7 Å². The van der Waals surface area contributed by atoms with Crippen molar-refractivity contribution in [1.82, 2.24) is 5.32 Å². The van der Waals surface area contributed by atoms with Crippen LogP contribution in [0.25, 0.3) is 0 Å². The number of halogens is 3. The van der Waals surface area contributed by atoms with Crippen LogP contribution in [0, 0.1) is 11.6 Å². The van der Waals surface area contributed by atoms with Crippen LogP contribution < -0.4 is 5.32 Å². The van der Waals surface area contributed by atoms with Crippen LogP contribution in [0.5, 0.6) is 0 Å². The summed E-state index contributed by atoms with van der Waals surface area (Å²) in [5.41, 5.74) is 0.909. The topological polar surface area (TPSA) is 55.4 Å². The molecule has 7 heteroatoms. The molecule has 2 rings (SSSR count). The number of carbonyl (C=O) groups excluding carboxylic acids is 2. The van der Waals surface area contributed by atoms with E-state index in [1.165, 1.54) is 6.07 Å². The maximum Gasteiger partial charge on any atom is 0.310 e. The van der Waals surface area contributed by atoms with E-state index in [9.17, 15) is 18.4 Å². The zero-order valence-electron chi connectivity index (χ0n) is 13.4. The monoisotopic (exact) mass is 411 g/mol. The van der Waals surface area contributed by atoms with E-state index in [-0.39, 0.29) is 12.0 Å². The summed E-state index contributed by atoms with van der Waals surface area (Å²) in [6.07, 6.45) is 0.0443. The average Bonchev–Trinajstić information content (AvgIpc) is 2.55. The van der Waals surface area contributed by atoms with Crippen LogP contribution >= 0.6 is 15.9 Å². The standard InChI is InChI=1S/C18H16BrF2NO3/c1-11(15-7-6-14(20)9-16(15)21)22-17(23)10-25-18(24)8-12-2-4-13(19)5-3-12/h2-7,9,11H,8,10H2,1H3,(H,22,23)/t11-/m0/s1. The summed E-state index contributed by atoms with van der Waals surface area (Å²) in [4.78, 5) is 23.5. The van der Waals surface area contributed by atoms with Gasteiger partial charge in [0.1, 0.15) is 11.6 Å². The second-order valence-electron chi connectivity index (χ2n) is 5.42. The summed E-state index contributed by atoms with van der Waals surface area (Å²) in [7, 11) is 0. The predicted molar refractivity (Wildman–Crippen MR) is 91.7 cm³/mol. The number of carbonyl (C=O) groups is 2. The number of nitrogens with one attached hydrogen (secondary N) is 1. The Labute approximate surface area is 152 Å². The van der Waals surface area contributed by atoms with Crippen molar-refractivity contribution in [2.45, 2.75) is 19.4 Å². The van der Waals surface area contributed by atoms with E-state index in [0.29, 0.717) is 0 Å². The Morgan fingerprint density at radius 2 is 1.84 bits per heavy atom. The number of rotatable bonds is 6. The molecule has 0 bridgehead atoms. The maximum atomic E-state index is 13.7. The SMILES string of the molecule is C[C@H](NC(=O)COC(=O)Cc1ccc(Br)cc1)c1ccc(F)cc1F. The lowest BCUT2D eigenvalue weighted by molar-refractivity contribution is -0.148. The molecule has 2 aromatic carbocycles. The third kappa shape index (κ3) is 5.94. The van der Waals surface area contributed by atoms with E-state index in [0.717, 1.165) is 22.2 Å². The largest absolute Gasteiger partial charge is 0.455 e. The first-order valence-corrected chi connectivity index (χ1v) is 8.29. The number of ether oxygens (including phenoxy) is 1. The molecule has 0 radical (unpaired) electrons. The smallest absolute Gasteiger partial charge is 0.310 e. The fourth-order valence-corrected chi connectivity index (χ4v) is 2.44. The Morgan fingerprint density at radius 3 is 2.48 bits per heavy atom. The van der Waals surface area contributed by atoms with Crippen molar-refractivity contribution in [1.29, 1.82) is 0 Å². The number of amides is 1. The van der Waals surface area contributed by atoms with Crippen molar-refractivity contribution in [2.75, 3.05) is 6.61 Å². The van der Waals surface area contributed by atoms with Crippen LogP contribution in [0.15, 0.2) is 46.9 Å². The fourth-order valence-electron chi connectivity index (χ4n) is 2.18. The fraction of sp³-hybridized carbons (Fsp3) is 0.222. The molecule has 0 aliphatic carbocycles. The molecule has 25 heavy (non-hydrogen) atoms. The van der Waals surface area contributed by atoms with Gasteiger partial charge in [0.25, 0.3) is 5.91 Å². The Bertz CT molecular complexity index is 765. The van der Waals surface area contributed by atoms with Gasteiger partial charge in [0.2, 0.25) is 0 Å². The van der Waals surface area contributed by atoms with Crippen molar-refractivity contribution in [3.8, 4) is 0 Å². The molecule has 1 N–H and O–H groups in total. The van der Waals surface area contributed by atoms with Gasteiger partial charge in [-0.25, -0.2) is 8.78 Å². The molecule has 0 fully saturated rings. The van der Waals surface area contributed by atoms with Gasteiger partial charge in [0, 0.05) is 16.1 Å². The third-order valence-corrected chi connectivity index (χ3v) is 3.96. The van der Waals surface area contributed by atoms with E-state index in [1.54, 1.807) is 31.2 Å². The molecular formula is C18H16BrF2NO3. The lowest BCUT2D eigenvalue weighted by atomic mass is 10.1. The molecule has 0 aliphatic rings. The highest BCUT2D eigenvalue weighted by atomic mass is 79.9. The maximum absolute atomic E-state index is 13.7. The number of benzene rings is 2. The third-order valence-electron chi connectivity index (χ3n) is 3.43. The Morgan fingerprint density at radius 1 is 1.16 bits per heavy atom. The van der Waals surface area contributed by atoms with E-state index >= 15 is 0 Å². The van der Waals surface area contributed by atoms with Crippen molar-refractivity contribution in [3.63, 3.8) is 0 Å².